The van der Waals surface area contributed by atoms with Crippen LogP contribution < -0.4 is 0 Å². The lowest BCUT2D eigenvalue weighted by molar-refractivity contribution is -0.389. The average molecular weight is 266 g/mol. The van der Waals surface area contributed by atoms with Crippen molar-refractivity contribution in [2.45, 2.75) is 20.4 Å². The maximum atomic E-state index is 10.6. The van der Waals surface area contributed by atoms with Gasteiger partial charge in [-0.25, -0.2) is 0 Å². The van der Waals surface area contributed by atoms with Crippen LogP contribution in [-0.2, 0) is 6.54 Å². The molecule has 0 aliphatic rings. The van der Waals surface area contributed by atoms with Gasteiger partial charge in [0, 0.05) is 0 Å². The highest BCUT2D eigenvalue weighted by atomic mass is 35.5. The van der Waals surface area contributed by atoms with Gasteiger partial charge in [0.1, 0.15) is 0 Å². The van der Waals surface area contributed by atoms with Crippen molar-refractivity contribution in [1.82, 2.24) is 9.78 Å². The molecule has 1 heterocycles. The molecule has 0 unspecified atom stereocenters. The highest BCUT2D eigenvalue weighted by Gasteiger charge is 2.18. The fraction of sp³-hybridized carbons (Fsp3) is 0.250. The fourth-order valence-corrected chi connectivity index (χ4v) is 2.16. The van der Waals surface area contributed by atoms with Crippen LogP contribution in [-0.4, -0.2) is 14.7 Å². The molecule has 0 bridgehead atoms. The van der Waals surface area contributed by atoms with Gasteiger partial charge in [0.2, 0.25) is 0 Å². The first-order chi connectivity index (χ1) is 8.45. The van der Waals surface area contributed by atoms with E-state index in [-0.39, 0.29) is 10.8 Å². The SMILES string of the molecule is Cc1cc(C)cc(Cn2cc(Cl)c([N+](=O)[O-])n2)c1. The first-order valence-electron chi connectivity index (χ1n) is 5.40. The molecular formula is C12H12ClN3O2. The van der Waals surface area contributed by atoms with Crippen LogP contribution in [0, 0.1) is 24.0 Å². The second-order valence-corrected chi connectivity index (χ2v) is 4.66. The molecule has 94 valence electrons. The molecule has 2 aromatic rings. The number of benzene rings is 1. The van der Waals surface area contributed by atoms with Crippen molar-refractivity contribution in [3.63, 3.8) is 0 Å². The molecule has 6 heteroatoms. The number of rotatable bonds is 3. The normalized spacial score (nSPS) is 10.6. The molecule has 0 radical (unpaired) electrons. The lowest BCUT2D eigenvalue weighted by Gasteiger charge is -2.02. The van der Waals surface area contributed by atoms with E-state index in [2.05, 4.69) is 11.2 Å². The van der Waals surface area contributed by atoms with Crippen molar-refractivity contribution >= 4 is 17.4 Å². The standard InChI is InChI=1S/C12H12ClN3O2/c1-8-3-9(2)5-10(4-8)6-15-7-11(13)12(14-15)16(17)18/h3-5,7H,6H2,1-2H3. The number of nitrogens with zero attached hydrogens (tertiary/aromatic N) is 3. The molecular weight excluding hydrogens is 254 g/mol. The van der Waals surface area contributed by atoms with Gasteiger partial charge in [-0.2, -0.15) is 4.68 Å². The molecule has 0 fully saturated rings. The molecule has 2 rings (SSSR count). The zero-order valence-corrected chi connectivity index (χ0v) is 10.8. The van der Waals surface area contributed by atoms with Crippen LogP contribution in [0.4, 0.5) is 5.82 Å². The Morgan fingerprint density at radius 1 is 1.33 bits per heavy atom. The van der Waals surface area contributed by atoms with E-state index in [4.69, 9.17) is 11.6 Å². The molecule has 0 amide bonds. The van der Waals surface area contributed by atoms with E-state index >= 15 is 0 Å². The Morgan fingerprint density at radius 2 is 1.94 bits per heavy atom. The summed E-state index contributed by atoms with van der Waals surface area (Å²) in [5, 5.41) is 14.6. The zero-order chi connectivity index (χ0) is 13.3. The predicted octanol–water partition coefficient (Wildman–Crippen LogP) is 3.11. The summed E-state index contributed by atoms with van der Waals surface area (Å²) in [7, 11) is 0. The van der Waals surface area contributed by atoms with E-state index < -0.39 is 4.92 Å². The van der Waals surface area contributed by atoms with E-state index in [1.165, 1.54) is 10.9 Å². The van der Waals surface area contributed by atoms with E-state index in [0.29, 0.717) is 6.54 Å². The molecule has 1 aromatic heterocycles. The number of halogens is 1. The number of nitro groups is 1. The molecule has 0 spiro atoms. The summed E-state index contributed by atoms with van der Waals surface area (Å²) in [5.41, 5.74) is 3.34. The second-order valence-electron chi connectivity index (χ2n) is 4.25. The summed E-state index contributed by atoms with van der Waals surface area (Å²) in [6.07, 6.45) is 1.47. The Hall–Kier alpha value is -1.88. The number of aromatic nitrogens is 2. The first kappa shape index (κ1) is 12.6. The molecule has 0 aliphatic carbocycles. The minimum atomic E-state index is -0.583. The molecule has 18 heavy (non-hydrogen) atoms. The average Bonchev–Trinajstić information content (AvgIpc) is 2.57. The lowest BCUT2D eigenvalue weighted by Crippen LogP contribution is -2.02. The van der Waals surface area contributed by atoms with Crippen LogP contribution in [0.5, 0.6) is 0 Å². The Labute approximate surface area is 109 Å². The largest absolute Gasteiger partial charge is 0.408 e. The quantitative estimate of drug-likeness (QED) is 0.633. The van der Waals surface area contributed by atoms with Crippen molar-refractivity contribution < 1.29 is 4.92 Å². The zero-order valence-electron chi connectivity index (χ0n) is 10.1. The molecule has 0 atom stereocenters. The van der Waals surface area contributed by atoms with Crippen LogP contribution in [0.3, 0.4) is 0 Å². The highest BCUT2D eigenvalue weighted by molar-refractivity contribution is 6.32. The molecule has 0 saturated heterocycles. The van der Waals surface area contributed by atoms with Gasteiger partial charge in [0.25, 0.3) is 0 Å². The minimum absolute atomic E-state index is 0.0596. The maximum absolute atomic E-state index is 10.6. The Bertz CT molecular complexity index is 587. The van der Waals surface area contributed by atoms with E-state index in [9.17, 15) is 10.1 Å². The van der Waals surface area contributed by atoms with Crippen LogP contribution in [0.25, 0.3) is 0 Å². The van der Waals surface area contributed by atoms with Crippen molar-refractivity contribution in [2.24, 2.45) is 0 Å². The van der Waals surface area contributed by atoms with Gasteiger partial charge in [0.05, 0.1) is 17.8 Å². The molecule has 0 N–H and O–H groups in total. The number of hydrogen-bond donors (Lipinski definition) is 0. The summed E-state index contributed by atoms with van der Waals surface area (Å²) in [4.78, 5) is 10.1. The summed E-state index contributed by atoms with van der Waals surface area (Å²) < 4.78 is 1.48. The van der Waals surface area contributed by atoms with Crippen molar-refractivity contribution in [1.29, 1.82) is 0 Å². The van der Waals surface area contributed by atoms with Gasteiger partial charge in [-0.05, 0) is 24.3 Å². The Morgan fingerprint density at radius 3 is 2.44 bits per heavy atom. The number of aryl methyl sites for hydroxylation is 2. The van der Waals surface area contributed by atoms with Gasteiger partial charge in [-0.3, -0.25) is 0 Å². The van der Waals surface area contributed by atoms with Gasteiger partial charge in [0.15, 0.2) is 5.02 Å². The van der Waals surface area contributed by atoms with Crippen LogP contribution in [0.1, 0.15) is 16.7 Å². The summed E-state index contributed by atoms with van der Waals surface area (Å²) in [6, 6.07) is 6.12. The first-order valence-corrected chi connectivity index (χ1v) is 5.78. The third kappa shape index (κ3) is 2.68. The number of hydrogen-bond acceptors (Lipinski definition) is 3. The second kappa shape index (κ2) is 4.78. The smallest absolute Gasteiger partial charge is 0.358 e. The van der Waals surface area contributed by atoms with Gasteiger partial charge >= 0.3 is 5.82 Å². The third-order valence-corrected chi connectivity index (χ3v) is 2.76. The highest BCUT2D eigenvalue weighted by Crippen LogP contribution is 2.22. The van der Waals surface area contributed by atoms with Crippen molar-refractivity contribution in [2.75, 3.05) is 0 Å². The summed E-state index contributed by atoms with van der Waals surface area (Å²) in [6.45, 7) is 4.49. The van der Waals surface area contributed by atoms with Crippen LogP contribution >= 0.6 is 11.6 Å². The summed E-state index contributed by atoms with van der Waals surface area (Å²) in [5.74, 6) is -0.305. The van der Waals surface area contributed by atoms with Crippen molar-refractivity contribution in [3.05, 3.63) is 56.2 Å². The third-order valence-electron chi connectivity index (χ3n) is 2.50. The topological polar surface area (TPSA) is 61.0 Å². The van der Waals surface area contributed by atoms with Gasteiger partial charge in [-0.1, -0.05) is 40.9 Å². The fourth-order valence-electron chi connectivity index (χ4n) is 1.94. The Kier molecular flexibility index (Phi) is 3.34. The molecule has 5 nitrogen and oxygen atoms in total. The summed E-state index contributed by atoms with van der Waals surface area (Å²) >= 11 is 5.74. The van der Waals surface area contributed by atoms with Crippen LogP contribution in [0.2, 0.25) is 5.02 Å². The van der Waals surface area contributed by atoms with Crippen LogP contribution in [0.15, 0.2) is 24.4 Å². The maximum Gasteiger partial charge on any atom is 0.408 e. The molecule has 0 aliphatic heterocycles. The minimum Gasteiger partial charge on any atom is -0.358 e. The molecule has 1 aromatic carbocycles. The lowest BCUT2D eigenvalue weighted by atomic mass is 10.1. The molecule has 0 saturated carbocycles. The van der Waals surface area contributed by atoms with Gasteiger partial charge in [-0.15, -0.1) is 0 Å². The monoisotopic (exact) mass is 265 g/mol. The van der Waals surface area contributed by atoms with E-state index in [1.807, 2.05) is 26.0 Å². The van der Waals surface area contributed by atoms with E-state index in [0.717, 1.165) is 16.7 Å². The predicted molar refractivity (Wildman–Crippen MR) is 68.9 cm³/mol. The Balaban J connectivity index is 2.28. The van der Waals surface area contributed by atoms with E-state index in [1.54, 1.807) is 0 Å². The van der Waals surface area contributed by atoms with Crippen molar-refractivity contribution in [3.8, 4) is 0 Å². The van der Waals surface area contributed by atoms with Gasteiger partial charge < -0.3 is 10.1 Å².